The SMILES string of the molecule is CCCCCCCCCCCCCCCCCCN1C(C(C(=O)Nc2cc(C)ccc2Sc2cc(C)ccc2C)N2C(=O)OC(C)(C)C2=O)=Nc2ccccc2S1(=O)=O.CCCCCCCCCCCCCCCCCCN1C(C(C(=O)Nc2ccc(OC)cc2Sc2ccccc2C)N2C(=O)C(OCC)N(Cc3ccccc3)C2=O)=Nc2ccccc2S1(=O)=O. The molecule has 22 nitrogen and oxygen atoms in total. The average Bonchev–Trinajstić information content (AvgIpc) is 1.41. The van der Waals surface area contributed by atoms with Crippen molar-refractivity contribution in [2.24, 2.45) is 9.98 Å². The first-order chi connectivity index (χ1) is 60.8. The molecule has 2 saturated heterocycles. The van der Waals surface area contributed by atoms with E-state index in [0.29, 0.717) is 34.9 Å². The molecule has 0 bridgehead atoms. The third-order valence-electron chi connectivity index (χ3n) is 23.5. The number of imide groups is 2. The number of carbonyl (C=O) groups is 6. The van der Waals surface area contributed by atoms with Gasteiger partial charge in [-0.25, -0.2) is 46.2 Å². The maximum Gasteiger partial charge on any atom is 0.418 e. The summed E-state index contributed by atoms with van der Waals surface area (Å²) < 4.78 is 77.7. The zero-order chi connectivity index (χ0) is 90.2. The number of amidine groups is 2. The van der Waals surface area contributed by atoms with E-state index in [0.717, 1.165) is 112 Å². The number of hydrogen-bond acceptors (Lipinski definition) is 17. The van der Waals surface area contributed by atoms with Gasteiger partial charge in [0.05, 0.1) is 36.4 Å². The van der Waals surface area contributed by atoms with Gasteiger partial charge in [0, 0.05) is 39.3 Å². The second-order valence-electron chi connectivity index (χ2n) is 34.0. The maximum atomic E-state index is 15.3. The molecule has 4 heterocycles. The van der Waals surface area contributed by atoms with E-state index in [-0.39, 0.29) is 59.1 Å². The van der Waals surface area contributed by atoms with E-state index >= 15 is 4.79 Å². The summed E-state index contributed by atoms with van der Waals surface area (Å²) in [7, 11) is -6.99. The number of amides is 7. The second-order valence-corrected chi connectivity index (χ2v) is 39.8. The number of ether oxygens (including phenoxy) is 3. The number of aryl methyl sites for hydroxylation is 4. The summed E-state index contributed by atoms with van der Waals surface area (Å²) >= 11 is 2.90. The first-order valence-electron chi connectivity index (χ1n) is 46.0. The van der Waals surface area contributed by atoms with Crippen LogP contribution in [0.1, 0.15) is 268 Å². The fourth-order valence-electron chi connectivity index (χ4n) is 16.3. The number of sulfonamides is 2. The number of nitrogens with zero attached hydrogens (tertiary/aromatic N) is 7. The van der Waals surface area contributed by atoms with Gasteiger partial charge in [0.25, 0.3) is 43.7 Å². The van der Waals surface area contributed by atoms with Crippen LogP contribution in [-0.2, 0) is 55.2 Å². The minimum atomic E-state index is -4.31. The fraction of sp³-hybridized carbons (Fsp3) is 0.500. The van der Waals surface area contributed by atoms with Crippen LogP contribution in [-0.4, -0.2) is 138 Å². The number of nitrogens with one attached hydrogen (secondary N) is 2. The van der Waals surface area contributed by atoms with Crippen LogP contribution in [0.15, 0.2) is 197 Å². The van der Waals surface area contributed by atoms with Crippen molar-refractivity contribution in [1.82, 2.24) is 23.3 Å². The summed E-state index contributed by atoms with van der Waals surface area (Å²) in [5.41, 5.74) is 4.27. The van der Waals surface area contributed by atoms with Crippen LogP contribution in [0.2, 0.25) is 0 Å². The van der Waals surface area contributed by atoms with Gasteiger partial charge in [0.2, 0.25) is 6.23 Å². The van der Waals surface area contributed by atoms with Crippen molar-refractivity contribution in [3.8, 4) is 5.75 Å². The monoisotopic (exact) mass is 1800 g/mol. The summed E-state index contributed by atoms with van der Waals surface area (Å²) in [6, 6.07) is 42.4. The lowest BCUT2D eigenvalue weighted by atomic mass is 10.0. The Morgan fingerprint density at radius 1 is 0.460 bits per heavy atom. The lowest BCUT2D eigenvalue weighted by molar-refractivity contribution is -0.144. The highest BCUT2D eigenvalue weighted by molar-refractivity contribution is 7.99. The number of rotatable bonds is 51. The highest BCUT2D eigenvalue weighted by atomic mass is 32.2. The number of carbonyl (C=O) groups excluding carboxylic acids is 6. The maximum absolute atomic E-state index is 15.3. The molecule has 3 atom stereocenters. The Kier molecular flexibility index (Phi) is 38.7. The first-order valence-corrected chi connectivity index (χ1v) is 50.5. The van der Waals surface area contributed by atoms with Gasteiger partial charge in [-0.15, -0.1) is 0 Å². The minimum absolute atomic E-state index is 0.000880. The van der Waals surface area contributed by atoms with Crippen molar-refractivity contribution in [2.75, 3.05) is 37.4 Å². The molecule has 0 saturated carbocycles. The van der Waals surface area contributed by atoms with Gasteiger partial charge in [-0.3, -0.25) is 32.7 Å². The number of methoxy groups -OCH3 is 1. The van der Waals surface area contributed by atoms with Crippen LogP contribution in [0, 0.1) is 27.7 Å². The van der Waals surface area contributed by atoms with Crippen LogP contribution >= 0.6 is 23.5 Å². The molecular formula is C100H133N9O13S4. The molecule has 0 aromatic heterocycles. The summed E-state index contributed by atoms with van der Waals surface area (Å²) in [5, 5.41) is 5.98. The molecule has 11 rings (SSSR count). The van der Waals surface area contributed by atoms with Crippen molar-refractivity contribution >= 4 is 114 Å². The van der Waals surface area contributed by atoms with Gasteiger partial charge in [-0.2, -0.15) is 0 Å². The van der Waals surface area contributed by atoms with Gasteiger partial charge in [0.15, 0.2) is 29.4 Å². The zero-order valence-corrected chi connectivity index (χ0v) is 79.0. The summed E-state index contributed by atoms with van der Waals surface area (Å²) in [6.07, 6.45) is 35.0. The standard InChI is InChI=1S/C53H69N5O7S2.C47H64N4O6S2/c1-5-7-8-9-10-11-12-13-14-15-16-17-18-19-20-28-37-57-49(54-44-32-25-27-34-47(44)67(57,62)63)48(58-51(60)52(65-6-2)56(53(58)61)39-41-30-22-21-23-31-41)50(59)55-43-36-35-42(64-4)38-46(43)66-45-33-26-24-29-40(45)3;1-7-8-9-10-11-12-13-14-15-16-17-18-19-20-21-24-31-50-43(48-37-25-22-23-26-41(37)59(50,55)56)42(51-45(53)47(5,6)57-46(51)54)44(52)49-38-32-34(2)28-30-39(38)58-40-33-35(3)27-29-36(40)4/h21-27,29-36,38,48,52H,5-20,28,37,39H2,1-4H3,(H,55,59);22-23,25-30,32-33,42H,7-21,24,31H2,1-6H3,(H,49,52). The summed E-state index contributed by atoms with van der Waals surface area (Å²) in [4.78, 5) is 103. The number of cyclic esters (lactones) is 1. The zero-order valence-electron chi connectivity index (χ0n) is 75.8. The number of unbranched alkanes of at least 4 members (excludes halogenated alkanes) is 30. The highest BCUT2D eigenvalue weighted by Crippen LogP contribution is 2.43. The van der Waals surface area contributed by atoms with Crippen LogP contribution in [0.3, 0.4) is 0 Å². The number of anilines is 2. The number of para-hydroxylation sites is 2. The molecule has 0 aliphatic carbocycles. The molecule has 26 heteroatoms. The number of benzene rings is 7. The number of hydrogen-bond donors (Lipinski definition) is 2. The fourth-order valence-corrected chi connectivity index (χ4v) is 21.6. The molecule has 126 heavy (non-hydrogen) atoms. The Morgan fingerprint density at radius 3 is 1.37 bits per heavy atom. The Morgan fingerprint density at radius 2 is 0.889 bits per heavy atom. The molecular weight excluding hydrogens is 1660 g/mol. The van der Waals surface area contributed by atoms with Gasteiger partial charge >= 0.3 is 12.1 Å². The van der Waals surface area contributed by atoms with Crippen LogP contribution in [0.5, 0.6) is 5.75 Å². The van der Waals surface area contributed by atoms with E-state index in [1.54, 1.807) is 68.6 Å². The predicted octanol–water partition coefficient (Wildman–Crippen LogP) is 24.1. The van der Waals surface area contributed by atoms with E-state index in [4.69, 9.17) is 24.2 Å². The van der Waals surface area contributed by atoms with Crippen molar-refractivity contribution in [1.29, 1.82) is 0 Å². The molecule has 2 N–H and O–H groups in total. The Labute approximate surface area is 758 Å². The lowest BCUT2D eigenvalue weighted by Crippen LogP contribution is -2.59. The number of urea groups is 1. The molecule has 0 radical (unpaired) electrons. The third kappa shape index (κ3) is 26.9. The van der Waals surface area contributed by atoms with E-state index in [9.17, 15) is 40.8 Å². The van der Waals surface area contributed by atoms with E-state index in [2.05, 4.69) is 30.5 Å². The van der Waals surface area contributed by atoms with Crippen LogP contribution in [0.25, 0.3) is 0 Å². The molecule has 7 aromatic rings. The number of aliphatic imine (C=N–C) groups is 2. The molecule has 4 aliphatic rings. The quantitative estimate of drug-likeness (QED) is 0.0265. The van der Waals surface area contributed by atoms with E-state index in [1.807, 2.05) is 113 Å². The molecule has 4 aliphatic heterocycles. The second kappa shape index (κ2) is 49.3. The topological polar surface area (TPSA) is 263 Å². The van der Waals surface area contributed by atoms with Gasteiger partial charge in [-0.1, -0.05) is 321 Å². The minimum Gasteiger partial charge on any atom is -0.497 e. The predicted molar refractivity (Wildman–Crippen MR) is 505 cm³/mol. The number of fused-ring (bicyclic) bond motifs is 2. The summed E-state index contributed by atoms with van der Waals surface area (Å²) in [5.74, 6) is -3.08. The summed E-state index contributed by atoms with van der Waals surface area (Å²) in [6.45, 7) is 17.2. The normalized spacial score (nSPS) is 16.0. The third-order valence-corrected chi connectivity index (χ3v) is 29.6. The molecule has 2 fully saturated rings. The smallest absolute Gasteiger partial charge is 0.418 e. The molecule has 680 valence electrons. The van der Waals surface area contributed by atoms with Crippen molar-refractivity contribution in [3.63, 3.8) is 0 Å². The van der Waals surface area contributed by atoms with E-state index in [1.165, 1.54) is 196 Å². The molecule has 3 unspecified atom stereocenters. The van der Waals surface area contributed by atoms with Crippen molar-refractivity contribution in [2.45, 2.75) is 328 Å². The molecule has 7 amide bonds. The van der Waals surface area contributed by atoms with Gasteiger partial charge < -0.3 is 24.8 Å². The van der Waals surface area contributed by atoms with Gasteiger partial charge in [0.1, 0.15) is 15.5 Å². The van der Waals surface area contributed by atoms with Crippen molar-refractivity contribution in [3.05, 3.63) is 186 Å². The Balaban J connectivity index is 0.000000265. The first kappa shape index (κ1) is 98.8. The average molecular weight is 1800 g/mol. The van der Waals surface area contributed by atoms with Crippen LogP contribution < -0.4 is 15.4 Å². The lowest BCUT2D eigenvalue weighted by Gasteiger charge is -2.35. The highest BCUT2D eigenvalue weighted by Gasteiger charge is 2.57. The largest absolute Gasteiger partial charge is 0.497 e. The van der Waals surface area contributed by atoms with Gasteiger partial charge in [-0.05, 0) is 156 Å². The molecule has 0 spiro atoms. The Bertz CT molecular complexity index is 5100. The van der Waals surface area contributed by atoms with E-state index < -0.39 is 79.7 Å². The van der Waals surface area contributed by atoms with Crippen LogP contribution in [0.4, 0.5) is 32.3 Å². The Hall–Kier alpha value is -9.34. The van der Waals surface area contributed by atoms with Crippen molar-refractivity contribution < 1.29 is 59.8 Å². The molecule has 7 aromatic carbocycles.